The van der Waals surface area contributed by atoms with Crippen LogP contribution in [-0.4, -0.2) is 69.9 Å². The van der Waals surface area contributed by atoms with Crippen LogP contribution in [0, 0.1) is 0 Å². The molecule has 0 aliphatic carbocycles. The van der Waals surface area contributed by atoms with Gasteiger partial charge < -0.3 is 25.4 Å². The topological polar surface area (TPSA) is 132 Å². The molecule has 5 aromatic carbocycles. The van der Waals surface area contributed by atoms with Gasteiger partial charge in [-0.3, -0.25) is 24.0 Å². The van der Waals surface area contributed by atoms with Gasteiger partial charge in [0.25, 0.3) is 0 Å². The molecule has 1 aromatic heterocycles. The third-order valence-corrected chi connectivity index (χ3v) is 10.2. The Balaban J connectivity index is 1.10. The Morgan fingerprint density at radius 1 is 0.737 bits per heavy atom. The van der Waals surface area contributed by atoms with Gasteiger partial charge in [0, 0.05) is 40.9 Å². The number of aromatic nitrogens is 1. The van der Waals surface area contributed by atoms with E-state index >= 15 is 0 Å². The predicted molar refractivity (Wildman–Crippen MR) is 223 cm³/mol. The van der Waals surface area contributed by atoms with Crippen LogP contribution in [0.3, 0.4) is 0 Å². The molecule has 10 heteroatoms. The van der Waals surface area contributed by atoms with Gasteiger partial charge in [-0.1, -0.05) is 110 Å². The van der Waals surface area contributed by atoms with Gasteiger partial charge in [0.1, 0.15) is 6.04 Å². The highest BCUT2D eigenvalue weighted by Gasteiger charge is 2.34. The molecule has 2 heterocycles. The Morgan fingerprint density at radius 3 is 2.04 bits per heavy atom. The summed E-state index contributed by atoms with van der Waals surface area (Å²) in [5.74, 6) is -0.962. The summed E-state index contributed by atoms with van der Waals surface area (Å²) in [7, 11) is 0. The van der Waals surface area contributed by atoms with Gasteiger partial charge in [0.05, 0.1) is 30.6 Å². The zero-order valence-electron chi connectivity index (χ0n) is 31.9. The number of H-pyrrole nitrogens is 1. The van der Waals surface area contributed by atoms with Crippen LogP contribution in [0.4, 0.5) is 11.4 Å². The lowest BCUT2D eigenvalue weighted by Crippen LogP contribution is -2.43. The van der Waals surface area contributed by atoms with Crippen molar-refractivity contribution in [1.82, 2.24) is 14.8 Å². The highest BCUT2D eigenvalue weighted by Crippen LogP contribution is 2.35. The molecule has 1 aliphatic heterocycles. The van der Waals surface area contributed by atoms with E-state index in [0.29, 0.717) is 58.6 Å². The molecule has 0 unspecified atom stereocenters. The number of benzene rings is 5. The maximum atomic E-state index is 14.2. The van der Waals surface area contributed by atoms with E-state index in [-0.39, 0.29) is 48.8 Å². The minimum Gasteiger partial charge on any atom is -0.354 e. The average molecular weight is 760 g/mol. The lowest BCUT2D eigenvalue weighted by atomic mass is 9.97. The van der Waals surface area contributed by atoms with Crippen molar-refractivity contribution in [2.45, 2.75) is 45.1 Å². The van der Waals surface area contributed by atoms with E-state index in [9.17, 15) is 24.0 Å². The standard InChI is InChI=1S/C47H45N5O5/c1-2-26-51(42(54)28-32-13-6-3-7-14-32)31-41(53)48-36-22-20-34(21-23-36)45-44(46(56)35-17-10-5-11-18-35)38-30-37(24-25-39(38)50-45)49-47(57)40-19-12-27-52(40)43(55)29-33-15-8-4-9-16-33/h3-11,13-18,20-25,30,40,50H,2,12,19,26-29,31H2,1H3,(H,48,53)(H,49,57)/t40-/m0/s1. The molecular weight excluding hydrogens is 715 g/mol. The van der Waals surface area contributed by atoms with Crippen molar-refractivity contribution in [1.29, 1.82) is 0 Å². The molecule has 1 saturated heterocycles. The van der Waals surface area contributed by atoms with Crippen LogP contribution in [0.1, 0.15) is 53.2 Å². The molecule has 57 heavy (non-hydrogen) atoms. The molecule has 3 N–H and O–H groups in total. The van der Waals surface area contributed by atoms with Crippen LogP contribution < -0.4 is 10.6 Å². The van der Waals surface area contributed by atoms with Crippen molar-refractivity contribution < 1.29 is 24.0 Å². The third kappa shape index (κ3) is 9.19. The van der Waals surface area contributed by atoms with Crippen LogP contribution in [-0.2, 0) is 32.0 Å². The molecular formula is C47H45N5O5. The Kier molecular flexibility index (Phi) is 12.0. The van der Waals surface area contributed by atoms with Gasteiger partial charge in [-0.05, 0) is 66.3 Å². The zero-order chi connectivity index (χ0) is 39.7. The molecule has 1 atom stereocenters. The Labute approximate surface area is 331 Å². The largest absolute Gasteiger partial charge is 0.354 e. The smallest absolute Gasteiger partial charge is 0.247 e. The average Bonchev–Trinajstić information content (AvgIpc) is 3.88. The fourth-order valence-electron chi connectivity index (χ4n) is 7.43. The molecule has 0 radical (unpaired) electrons. The highest BCUT2D eigenvalue weighted by molar-refractivity contribution is 6.21. The SMILES string of the molecule is CCCN(CC(=O)Nc1ccc(-c2[nH]c3ccc(NC(=O)[C@@H]4CCCN4C(=O)Cc4ccccc4)cc3c2C(=O)c2ccccc2)cc1)C(=O)Cc1ccccc1. The normalized spacial score (nSPS) is 13.6. The number of nitrogens with one attached hydrogen (secondary N) is 3. The summed E-state index contributed by atoms with van der Waals surface area (Å²) in [4.78, 5) is 74.0. The molecule has 0 bridgehead atoms. The van der Waals surface area contributed by atoms with Gasteiger partial charge in [-0.25, -0.2) is 0 Å². The summed E-state index contributed by atoms with van der Waals surface area (Å²) >= 11 is 0. The number of likely N-dealkylation sites (tertiary alicyclic amines) is 1. The summed E-state index contributed by atoms with van der Waals surface area (Å²) in [5.41, 5.74) is 5.83. The zero-order valence-corrected chi connectivity index (χ0v) is 31.9. The number of carbonyl (C=O) groups is 5. The molecule has 1 aliphatic rings. The molecule has 0 saturated carbocycles. The minimum absolute atomic E-state index is 0.0688. The number of hydrogen-bond acceptors (Lipinski definition) is 5. The van der Waals surface area contributed by atoms with E-state index in [1.807, 2.05) is 104 Å². The summed E-state index contributed by atoms with van der Waals surface area (Å²) in [6.07, 6.45) is 2.48. The number of fused-ring (bicyclic) bond motifs is 1. The maximum absolute atomic E-state index is 14.2. The summed E-state index contributed by atoms with van der Waals surface area (Å²) in [5, 5.41) is 6.57. The molecule has 288 valence electrons. The first-order valence-corrected chi connectivity index (χ1v) is 19.4. The minimum atomic E-state index is -0.590. The number of aromatic amines is 1. The first-order chi connectivity index (χ1) is 27.8. The second-order valence-electron chi connectivity index (χ2n) is 14.3. The molecule has 4 amide bonds. The molecule has 6 aromatic rings. The van der Waals surface area contributed by atoms with E-state index < -0.39 is 6.04 Å². The summed E-state index contributed by atoms with van der Waals surface area (Å²) in [6, 6.07) is 40.0. The number of hydrogen-bond donors (Lipinski definition) is 3. The third-order valence-electron chi connectivity index (χ3n) is 10.2. The second kappa shape index (κ2) is 17.8. The predicted octanol–water partition coefficient (Wildman–Crippen LogP) is 7.66. The number of anilines is 2. The monoisotopic (exact) mass is 759 g/mol. The fourth-order valence-corrected chi connectivity index (χ4v) is 7.43. The Hall–Kier alpha value is -6.81. The van der Waals surface area contributed by atoms with E-state index in [4.69, 9.17) is 0 Å². The van der Waals surface area contributed by atoms with Crippen molar-refractivity contribution in [3.8, 4) is 11.3 Å². The Morgan fingerprint density at radius 2 is 1.37 bits per heavy atom. The van der Waals surface area contributed by atoms with Crippen LogP contribution in [0.15, 0.2) is 133 Å². The van der Waals surface area contributed by atoms with Gasteiger partial charge in [0.15, 0.2) is 5.78 Å². The maximum Gasteiger partial charge on any atom is 0.247 e. The van der Waals surface area contributed by atoms with Gasteiger partial charge in [0.2, 0.25) is 23.6 Å². The van der Waals surface area contributed by atoms with Crippen molar-refractivity contribution in [2.75, 3.05) is 30.3 Å². The number of amides is 4. The first-order valence-electron chi connectivity index (χ1n) is 19.4. The van der Waals surface area contributed by atoms with Gasteiger partial charge >= 0.3 is 0 Å². The van der Waals surface area contributed by atoms with E-state index in [0.717, 1.165) is 29.5 Å². The van der Waals surface area contributed by atoms with Crippen LogP contribution in [0.5, 0.6) is 0 Å². The van der Waals surface area contributed by atoms with Gasteiger partial charge in [-0.15, -0.1) is 0 Å². The number of ketones is 1. The Bertz CT molecular complexity index is 2380. The molecule has 10 nitrogen and oxygen atoms in total. The fraction of sp³-hybridized carbons (Fsp3) is 0.213. The molecule has 1 fully saturated rings. The highest BCUT2D eigenvalue weighted by atomic mass is 16.2. The van der Waals surface area contributed by atoms with E-state index in [2.05, 4.69) is 15.6 Å². The van der Waals surface area contributed by atoms with Crippen molar-refractivity contribution >= 4 is 51.7 Å². The van der Waals surface area contributed by atoms with Gasteiger partial charge in [-0.2, -0.15) is 0 Å². The lowest BCUT2D eigenvalue weighted by Gasteiger charge is -2.24. The van der Waals surface area contributed by atoms with Crippen LogP contribution in [0.25, 0.3) is 22.2 Å². The first kappa shape index (κ1) is 38.5. The quantitative estimate of drug-likeness (QED) is 0.0983. The summed E-state index contributed by atoms with van der Waals surface area (Å²) < 4.78 is 0. The second-order valence-corrected chi connectivity index (χ2v) is 14.3. The summed E-state index contributed by atoms with van der Waals surface area (Å²) in [6.45, 7) is 2.89. The number of nitrogens with zero attached hydrogens (tertiary/aromatic N) is 2. The van der Waals surface area contributed by atoms with E-state index in [1.54, 1.807) is 46.2 Å². The molecule has 0 spiro atoms. The van der Waals surface area contributed by atoms with Crippen molar-refractivity contribution in [3.63, 3.8) is 0 Å². The number of rotatable bonds is 14. The molecule has 7 rings (SSSR count). The lowest BCUT2D eigenvalue weighted by molar-refractivity contribution is -0.136. The van der Waals surface area contributed by atoms with Crippen LogP contribution >= 0.6 is 0 Å². The van der Waals surface area contributed by atoms with Crippen molar-refractivity contribution in [3.05, 3.63) is 156 Å². The van der Waals surface area contributed by atoms with Crippen molar-refractivity contribution in [2.24, 2.45) is 0 Å². The van der Waals surface area contributed by atoms with Crippen LogP contribution in [0.2, 0.25) is 0 Å². The number of carbonyl (C=O) groups excluding carboxylic acids is 5. The van der Waals surface area contributed by atoms with E-state index in [1.165, 1.54) is 0 Å².